The molecule has 0 bridgehead atoms. The van der Waals surface area contributed by atoms with Gasteiger partial charge in [-0.05, 0) is 46.7 Å². The van der Waals surface area contributed by atoms with Crippen LogP contribution in [0.3, 0.4) is 0 Å². The molecule has 1 aliphatic rings. The Morgan fingerprint density at radius 2 is 1.95 bits per heavy atom. The van der Waals surface area contributed by atoms with Crippen molar-refractivity contribution in [3.63, 3.8) is 0 Å². The van der Waals surface area contributed by atoms with Crippen molar-refractivity contribution >= 4 is 33.3 Å². The Kier molecular flexibility index (Phi) is 5.77. The molecule has 2 atom stereocenters. The average Bonchev–Trinajstić information content (AvgIpc) is 2.45. The molecule has 0 spiro atoms. The molecule has 1 aliphatic carbocycles. The van der Waals surface area contributed by atoms with E-state index in [1.807, 2.05) is 0 Å². The van der Waals surface area contributed by atoms with Gasteiger partial charge in [-0.15, -0.1) is 11.6 Å². The molecule has 0 aliphatic heterocycles. The van der Waals surface area contributed by atoms with Crippen molar-refractivity contribution in [2.75, 3.05) is 17.7 Å². The van der Waals surface area contributed by atoms with E-state index in [2.05, 4.69) is 26.2 Å². The topological polar surface area (TPSA) is 24.9 Å². The fourth-order valence-electron chi connectivity index (χ4n) is 2.78. The predicted octanol–water partition coefficient (Wildman–Crippen LogP) is 5.32. The van der Waals surface area contributed by atoms with Crippen molar-refractivity contribution in [1.29, 1.82) is 0 Å². The monoisotopic (exact) mass is 384 g/mol. The van der Waals surface area contributed by atoms with Gasteiger partial charge >= 0.3 is 6.18 Å². The Bertz CT molecular complexity index is 482. The van der Waals surface area contributed by atoms with Crippen molar-refractivity contribution in [3.05, 3.63) is 22.3 Å². The number of hydrogen-bond donors (Lipinski definition) is 1. The number of alkyl halides is 4. The van der Waals surface area contributed by atoms with Gasteiger partial charge in [0, 0.05) is 23.1 Å². The third-order valence-corrected chi connectivity index (χ3v) is 4.79. The molecule has 0 amide bonds. The first-order valence-electron chi connectivity index (χ1n) is 6.94. The summed E-state index contributed by atoms with van der Waals surface area (Å²) in [5.41, 5.74) is -0.741. The molecule has 7 heteroatoms. The Morgan fingerprint density at radius 1 is 1.29 bits per heavy atom. The summed E-state index contributed by atoms with van der Waals surface area (Å²) in [6.07, 6.45) is 1.27. The summed E-state index contributed by atoms with van der Waals surface area (Å²) in [6.45, 7) is 0.481. The van der Waals surface area contributed by atoms with Crippen LogP contribution in [-0.2, 0) is 6.18 Å². The predicted molar refractivity (Wildman–Crippen MR) is 81.6 cm³/mol. The van der Waals surface area contributed by atoms with Gasteiger partial charge in [-0.2, -0.15) is 13.2 Å². The largest absolute Gasteiger partial charge is 0.419 e. The number of rotatable bonds is 4. The fraction of sp³-hybridized carbons (Fsp3) is 0.643. The number of pyridine rings is 1. The molecule has 2 rings (SSSR count). The maximum absolute atomic E-state index is 13.0. The summed E-state index contributed by atoms with van der Waals surface area (Å²) in [5.74, 6) is 1.14. The van der Waals surface area contributed by atoms with Crippen molar-refractivity contribution in [3.8, 4) is 0 Å². The summed E-state index contributed by atoms with van der Waals surface area (Å²) < 4.78 is 39.4. The van der Waals surface area contributed by atoms with Crippen LogP contribution in [0.5, 0.6) is 0 Å². The standard InChI is InChI=1S/C14H17BrClF3N2/c15-11-5-12(14(17,18)19)13(21-8-11)20-7-10-4-2-1-3-9(10)6-16/h5,8-10H,1-4,6-7H2,(H,20,21). The molecule has 2 unspecified atom stereocenters. The third kappa shape index (κ3) is 4.49. The van der Waals surface area contributed by atoms with Gasteiger partial charge in [0.1, 0.15) is 5.82 Å². The van der Waals surface area contributed by atoms with Gasteiger partial charge < -0.3 is 5.32 Å². The van der Waals surface area contributed by atoms with E-state index >= 15 is 0 Å². The first kappa shape index (κ1) is 16.9. The molecule has 0 radical (unpaired) electrons. The van der Waals surface area contributed by atoms with Crippen molar-refractivity contribution < 1.29 is 13.2 Å². The lowest BCUT2D eigenvalue weighted by Gasteiger charge is -2.30. The van der Waals surface area contributed by atoms with Crippen molar-refractivity contribution in [2.24, 2.45) is 11.8 Å². The Hall–Kier alpha value is -0.490. The Labute approximate surface area is 135 Å². The molecule has 118 valence electrons. The minimum Gasteiger partial charge on any atom is -0.369 e. The number of aromatic nitrogens is 1. The smallest absolute Gasteiger partial charge is 0.369 e. The maximum atomic E-state index is 13.0. The summed E-state index contributed by atoms with van der Waals surface area (Å²) in [5, 5.41) is 2.87. The normalized spacial score (nSPS) is 23.1. The number of nitrogens with zero attached hydrogens (tertiary/aromatic N) is 1. The van der Waals surface area contributed by atoms with Gasteiger partial charge in [-0.25, -0.2) is 4.98 Å². The van der Waals surface area contributed by atoms with Crippen LogP contribution in [0.1, 0.15) is 31.2 Å². The highest BCUT2D eigenvalue weighted by atomic mass is 79.9. The third-order valence-electron chi connectivity index (χ3n) is 3.96. The first-order valence-corrected chi connectivity index (χ1v) is 8.27. The van der Waals surface area contributed by atoms with E-state index in [1.54, 1.807) is 0 Å². The second-order valence-corrected chi connectivity index (χ2v) is 6.61. The molecule has 1 fully saturated rings. The van der Waals surface area contributed by atoms with E-state index in [0.29, 0.717) is 28.7 Å². The minimum absolute atomic E-state index is 0.107. The summed E-state index contributed by atoms with van der Waals surface area (Å²) >= 11 is 8.98. The first-order chi connectivity index (χ1) is 9.91. The SMILES string of the molecule is FC(F)(F)c1cc(Br)cnc1NCC1CCCCC1CCl. The second-order valence-electron chi connectivity index (χ2n) is 5.39. The van der Waals surface area contributed by atoms with Gasteiger partial charge in [0.2, 0.25) is 0 Å². The molecule has 2 nitrogen and oxygen atoms in total. The molecule has 0 saturated heterocycles. The number of hydrogen-bond acceptors (Lipinski definition) is 2. The number of nitrogens with one attached hydrogen (secondary N) is 1. The van der Waals surface area contributed by atoms with Crippen LogP contribution in [0.4, 0.5) is 19.0 Å². The fourth-order valence-corrected chi connectivity index (χ4v) is 3.52. The van der Waals surface area contributed by atoms with Crippen LogP contribution in [0, 0.1) is 11.8 Å². The molecule has 1 N–H and O–H groups in total. The van der Waals surface area contributed by atoms with E-state index in [4.69, 9.17) is 11.6 Å². The molecular weight excluding hydrogens is 369 g/mol. The Balaban J connectivity index is 2.09. The molecule has 0 aromatic carbocycles. The van der Waals surface area contributed by atoms with Crippen LogP contribution in [-0.4, -0.2) is 17.4 Å². The van der Waals surface area contributed by atoms with Crippen LogP contribution < -0.4 is 5.32 Å². The summed E-state index contributed by atoms with van der Waals surface area (Å²) in [6, 6.07) is 1.05. The van der Waals surface area contributed by atoms with Gasteiger partial charge in [-0.3, -0.25) is 0 Å². The highest BCUT2D eigenvalue weighted by Crippen LogP contribution is 2.36. The van der Waals surface area contributed by atoms with Crippen molar-refractivity contribution in [1.82, 2.24) is 4.98 Å². The zero-order valence-corrected chi connectivity index (χ0v) is 13.7. The quantitative estimate of drug-likeness (QED) is 0.710. The lowest BCUT2D eigenvalue weighted by molar-refractivity contribution is -0.137. The highest BCUT2D eigenvalue weighted by Gasteiger charge is 2.35. The summed E-state index contributed by atoms with van der Waals surface area (Å²) in [7, 11) is 0. The minimum atomic E-state index is -4.42. The van der Waals surface area contributed by atoms with Crippen LogP contribution in [0.15, 0.2) is 16.7 Å². The van der Waals surface area contributed by atoms with Gasteiger partial charge in [0.05, 0.1) is 5.56 Å². The van der Waals surface area contributed by atoms with Gasteiger partial charge in [0.25, 0.3) is 0 Å². The second kappa shape index (κ2) is 7.18. The van der Waals surface area contributed by atoms with E-state index in [1.165, 1.54) is 6.20 Å². The zero-order valence-electron chi connectivity index (χ0n) is 11.4. The van der Waals surface area contributed by atoms with Crippen LogP contribution in [0.2, 0.25) is 0 Å². The Morgan fingerprint density at radius 3 is 2.57 bits per heavy atom. The highest BCUT2D eigenvalue weighted by molar-refractivity contribution is 9.10. The zero-order chi connectivity index (χ0) is 15.5. The van der Waals surface area contributed by atoms with E-state index < -0.39 is 11.7 Å². The number of halogens is 5. The average molecular weight is 386 g/mol. The molecular formula is C14H17BrClF3N2. The van der Waals surface area contributed by atoms with Crippen molar-refractivity contribution in [2.45, 2.75) is 31.9 Å². The molecule has 1 heterocycles. The van der Waals surface area contributed by atoms with Crippen LogP contribution in [0.25, 0.3) is 0 Å². The molecule has 21 heavy (non-hydrogen) atoms. The van der Waals surface area contributed by atoms with E-state index in [0.717, 1.165) is 31.7 Å². The summed E-state index contributed by atoms with van der Waals surface area (Å²) in [4.78, 5) is 3.87. The molecule has 1 aromatic rings. The van der Waals surface area contributed by atoms with E-state index in [-0.39, 0.29) is 5.82 Å². The molecule has 1 saturated carbocycles. The molecule has 1 aromatic heterocycles. The maximum Gasteiger partial charge on any atom is 0.419 e. The lowest BCUT2D eigenvalue weighted by atomic mass is 9.80. The number of anilines is 1. The van der Waals surface area contributed by atoms with Crippen LogP contribution >= 0.6 is 27.5 Å². The van der Waals surface area contributed by atoms with Gasteiger partial charge in [-0.1, -0.05) is 12.8 Å². The van der Waals surface area contributed by atoms with E-state index in [9.17, 15) is 13.2 Å². The lowest BCUT2D eigenvalue weighted by Crippen LogP contribution is -2.28. The van der Waals surface area contributed by atoms with Gasteiger partial charge in [0.15, 0.2) is 0 Å².